The molecule has 0 saturated carbocycles. The summed E-state index contributed by atoms with van der Waals surface area (Å²) in [6.45, 7) is 1.73. The molecule has 1 aliphatic heterocycles. The van der Waals surface area contributed by atoms with Crippen molar-refractivity contribution in [2.75, 3.05) is 44.4 Å². The van der Waals surface area contributed by atoms with Gasteiger partial charge in [0.2, 0.25) is 11.7 Å². The first-order valence-corrected chi connectivity index (χ1v) is 16.3. The molecular weight excluding hydrogens is 682 g/mol. The van der Waals surface area contributed by atoms with Crippen molar-refractivity contribution in [2.24, 2.45) is 18.7 Å². The Kier molecular flexibility index (Phi) is 10.6. The second-order valence-electron chi connectivity index (χ2n) is 11.9. The third kappa shape index (κ3) is 8.04. The summed E-state index contributed by atoms with van der Waals surface area (Å²) in [7, 11) is 4.67. The van der Waals surface area contributed by atoms with Crippen LogP contribution in [0.5, 0.6) is 5.75 Å². The molecule has 0 radical (unpaired) electrons. The van der Waals surface area contributed by atoms with Gasteiger partial charge in [0, 0.05) is 48.1 Å². The number of ether oxygens (including phenoxy) is 1. The molecule has 1 fully saturated rings. The number of methoxy groups -OCH3 is 1. The maximum atomic E-state index is 14.7. The molecular formula is C32H34ClF2N8O5S+. The van der Waals surface area contributed by atoms with E-state index in [-0.39, 0.29) is 69.9 Å². The molecule has 5 N–H and O–H groups in total. The fraction of sp³-hybridized carbons (Fsp3) is 0.312. The highest BCUT2D eigenvalue weighted by Gasteiger charge is 2.34. The van der Waals surface area contributed by atoms with Crippen molar-refractivity contribution in [1.82, 2.24) is 19.9 Å². The van der Waals surface area contributed by atoms with Crippen molar-refractivity contribution in [3.63, 3.8) is 0 Å². The number of nitrogens with two attached hydrogens (primary N) is 1. The lowest BCUT2D eigenvalue weighted by Gasteiger charge is -2.39. The van der Waals surface area contributed by atoms with E-state index in [1.807, 2.05) is 7.05 Å². The van der Waals surface area contributed by atoms with Gasteiger partial charge in [-0.15, -0.1) is 0 Å². The van der Waals surface area contributed by atoms with Crippen LogP contribution in [0.2, 0.25) is 5.02 Å². The second-order valence-corrected chi connectivity index (χ2v) is 13.4. The summed E-state index contributed by atoms with van der Waals surface area (Å²) in [5.41, 5.74) is 5.85. The zero-order valence-electron chi connectivity index (χ0n) is 26.8. The maximum Gasteiger partial charge on any atom is 0.291 e. The number of likely N-dealkylation sites (tertiary alicyclic amines) is 1. The molecule has 13 nitrogen and oxygen atoms in total. The summed E-state index contributed by atoms with van der Waals surface area (Å²) in [6.07, 6.45) is 4.07. The number of likely N-dealkylation sites (N-methyl/N-ethyl adjacent to an activating group) is 1. The van der Waals surface area contributed by atoms with E-state index in [0.29, 0.717) is 40.4 Å². The van der Waals surface area contributed by atoms with Crippen LogP contribution in [0.25, 0.3) is 11.3 Å². The van der Waals surface area contributed by atoms with Crippen molar-refractivity contribution >= 4 is 57.4 Å². The lowest BCUT2D eigenvalue weighted by molar-refractivity contribution is -0.907. The third-order valence-electron chi connectivity index (χ3n) is 8.36. The molecule has 17 heteroatoms. The predicted octanol–water partition coefficient (Wildman–Crippen LogP) is 3.95. The SMILES string of the molecule is COc1ccc(-c2cnc(C(=O)Nc3ccc(C(=O)NCc4cnc(NC(=O)C5CC[N+](C)(CC(N)=O)CC5)s4)c(Cl)c3)n2C)c(F)c1F. The lowest BCUT2D eigenvalue weighted by atomic mass is 9.94. The van der Waals surface area contributed by atoms with Gasteiger partial charge in [0.05, 0.1) is 56.3 Å². The van der Waals surface area contributed by atoms with E-state index in [2.05, 4.69) is 25.9 Å². The number of amides is 4. The Labute approximate surface area is 289 Å². The number of carbonyl (C=O) groups is 4. The number of nitrogens with one attached hydrogen (secondary N) is 3. The fourth-order valence-electron chi connectivity index (χ4n) is 5.63. The molecule has 49 heavy (non-hydrogen) atoms. The van der Waals surface area contributed by atoms with Crippen LogP contribution in [0.4, 0.5) is 19.6 Å². The van der Waals surface area contributed by atoms with Crippen molar-refractivity contribution in [3.8, 4) is 17.0 Å². The molecule has 0 aliphatic carbocycles. The molecule has 4 amide bonds. The number of halogens is 3. The average Bonchev–Trinajstić information content (AvgIpc) is 3.66. The standard InChI is InChI=1S/C32H33ClF2N8O5S/c1-42-23(21-6-7-24(48-3)27(35)26(21)34)15-37-28(42)31(47)40-18-4-5-20(22(33)12-18)30(46)38-13-19-14-39-32(49-19)41-29(45)17-8-10-43(2,11-9-17)16-25(36)44/h4-7,12,14-15,17H,8-11,13,16H2,1-3H3,(H4-,36,38,39,40,41,44,45,46,47)/p+1. The highest BCUT2D eigenvalue weighted by Crippen LogP contribution is 2.30. The minimum absolute atomic E-state index is 0.0712. The first kappa shape index (κ1) is 35.4. The van der Waals surface area contributed by atoms with Crippen molar-refractivity contribution < 1.29 is 37.2 Å². The van der Waals surface area contributed by atoms with Gasteiger partial charge < -0.3 is 35.5 Å². The minimum atomic E-state index is -1.16. The quantitative estimate of drug-likeness (QED) is 0.171. The van der Waals surface area contributed by atoms with Gasteiger partial charge in [0.25, 0.3) is 17.7 Å². The normalized spacial score (nSPS) is 17.3. The zero-order valence-corrected chi connectivity index (χ0v) is 28.4. The van der Waals surface area contributed by atoms with Gasteiger partial charge in [0.15, 0.2) is 29.1 Å². The van der Waals surface area contributed by atoms with Crippen LogP contribution in [0.15, 0.2) is 42.7 Å². The molecule has 5 rings (SSSR count). The fourth-order valence-corrected chi connectivity index (χ4v) is 6.65. The number of anilines is 2. The summed E-state index contributed by atoms with van der Waals surface area (Å²) >= 11 is 7.61. The van der Waals surface area contributed by atoms with Gasteiger partial charge in [-0.25, -0.2) is 14.4 Å². The summed E-state index contributed by atoms with van der Waals surface area (Å²) in [5, 5.41) is 8.73. The Hall–Kier alpha value is -4.93. The minimum Gasteiger partial charge on any atom is -0.494 e. The van der Waals surface area contributed by atoms with E-state index in [9.17, 15) is 28.0 Å². The highest BCUT2D eigenvalue weighted by molar-refractivity contribution is 7.15. The van der Waals surface area contributed by atoms with Crippen molar-refractivity contribution in [2.45, 2.75) is 19.4 Å². The summed E-state index contributed by atoms with van der Waals surface area (Å²) in [4.78, 5) is 59.1. The topological polar surface area (TPSA) is 170 Å². The van der Waals surface area contributed by atoms with Gasteiger partial charge in [0.1, 0.15) is 0 Å². The van der Waals surface area contributed by atoms with Crippen LogP contribution in [-0.4, -0.2) is 76.4 Å². The van der Waals surface area contributed by atoms with E-state index in [1.54, 1.807) is 6.20 Å². The first-order valence-electron chi connectivity index (χ1n) is 15.1. The number of quaternary nitrogens is 1. The molecule has 3 heterocycles. The molecule has 4 aromatic rings. The molecule has 0 unspecified atom stereocenters. The largest absolute Gasteiger partial charge is 0.494 e. The van der Waals surface area contributed by atoms with E-state index in [4.69, 9.17) is 22.1 Å². The number of carbonyl (C=O) groups excluding carboxylic acids is 4. The highest BCUT2D eigenvalue weighted by atomic mass is 35.5. The van der Waals surface area contributed by atoms with Gasteiger partial charge >= 0.3 is 0 Å². The second kappa shape index (κ2) is 14.7. The third-order valence-corrected chi connectivity index (χ3v) is 9.58. The van der Waals surface area contributed by atoms with Crippen LogP contribution in [0, 0.1) is 17.6 Å². The number of thiazole rings is 1. The van der Waals surface area contributed by atoms with Gasteiger partial charge in [-0.2, -0.15) is 4.39 Å². The van der Waals surface area contributed by atoms with Crippen LogP contribution >= 0.6 is 22.9 Å². The molecule has 0 bridgehead atoms. The molecule has 0 atom stereocenters. The van der Waals surface area contributed by atoms with E-state index in [0.717, 1.165) is 0 Å². The molecule has 2 aromatic heterocycles. The number of benzene rings is 2. The smallest absolute Gasteiger partial charge is 0.291 e. The van der Waals surface area contributed by atoms with Gasteiger partial charge in [-0.05, 0) is 30.3 Å². The van der Waals surface area contributed by atoms with Crippen molar-refractivity contribution in [1.29, 1.82) is 0 Å². The summed E-state index contributed by atoms with van der Waals surface area (Å²) < 4.78 is 35.6. The molecule has 258 valence electrons. The zero-order chi connectivity index (χ0) is 35.5. The summed E-state index contributed by atoms with van der Waals surface area (Å²) in [5.74, 6) is -4.44. The van der Waals surface area contributed by atoms with E-state index >= 15 is 0 Å². The molecule has 1 saturated heterocycles. The number of primary amides is 1. The number of hydrogen-bond donors (Lipinski definition) is 4. The number of hydrogen-bond acceptors (Lipinski definition) is 8. The Bertz CT molecular complexity index is 1920. The summed E-state index contributed by atoms with van der Waals surface area (Å²) in [6, 6.07) is 6.94. The number of nitrogens with zero attached hydrogens (tertiary/aromatic N) is 4. The number of imidazole rings is 1. The van der Waals surface area contributed by atoms with Crippen LogP contribution in [0.3, 0.4) is 0 Å². The molecule has 2 aromatic carbocycles. The van der Waals surface area contributed by atoms with E-state index in [1.165, 1.54) is 66.6 Å². The molecule has 1 aliphatic rings. The Balaban J connectivity index is 1.14. The number of rotatable bonds is 11. The lowest BCUT2D eigenvalue weighted by Crippen LogP contribution is -2.54. The van der Waals surface area contributed by atoms with Crippen LogP contribution in [0.1, 0.15) is 38.7 Å². The average molecular weight is 716 g/mol. The van der Waals surface area contributed by atoms with Gasteiger partial charge in [-0.3, -0.25) is 19.2 Å². The number of piperidine rings is 1. The van der Waals surface area contributed by atoms with Crippen LogP contribution < -0.4 is 26.4 Å². The van der Waals surface area contributed by atoms with Gasteiger partial charge in [-0.1, -0.05) is 22.9 Å². The predicted molar refractivity (Wildman–Crippen MR) is 179 cm³/mol. The maximum absolute atomic E-state index is 14.7. The van der Waals surface area contributed by atoms with Crippen LogP contribution in [-0.2, 0) is 23.2 Å². The first-order chi connectivity index (χ1) is 23.3. The Morgan fingerprint density at radius 3 is 2.47 bits per heavy atom. The molecule has 0 spiro atoms. The van der Waals surface area contributed by atoms with E-state index < -0.39 is 23.4 Å². The number of aromatic nitrogens is 3. The van der Waals surface area contributed by atoms with Crippen molar-refractivity contribution in [3.05, 3.63) is 75.6 Å². The monoisotopic (exact) mass is 715 g/mol. The Morgan fingerprint density at radius 2 is 1.80 bits per heavy atom. The Morgan fingerprint density at radius 1 is 1.06 bits per heavy atom.